The van der Waals surface area contributed by atoms with E-state index in [1.807, 2.05) is 0 Å². The molecule has 2 unspecified atom stereocenters. The van der Waals surface area contributed by atoms with Crippen LogP contribution in [0.2, 0.25) is 0 Å². The predicted molar refractivity (Wildman–Crippen MR) is 30.1 cm³/mol. The lowest BCUT2D eigenvalue weighted by Crippen LogP contribution is -2.43. The van der Waals surface area contributed by atoms with Gasteiger partial charge in [0.2, 0.25) is 0 Å². The minimum Gasteiger partial charge on any atom is -0.327 e. The van der Waals surface area contributed by atoms with Crippen molar-refractivity contribution in [1.29, 1.82) is 0 Å². The van der Waals surface area contributed by atoms with Crippen molar-refractivity contribution < 1.29 is 4.39 Å². The molecule has 3 N–H and O–H groups in total. The van der Waals surface area contributed by atoms with E-state index in [2.05, 4.69) is 5.32 Å². The molecule has 8 heavy (non-hydrogen) atoms. The van der Waals surface area contributed by atoms with Crippen LogP contribution >= 0.6 is 0 Å². The lowest BCUT2D eigenvalue weighted by Gasteiger charge is -2.21. The van der Waals surface area contributed by atoms with E-state index in [9.17, 15) is 4.39 Å². The van der Waals surface area contributed by atoms with E-state index in [-0.39, 0.29) is 6.04 Å². The number of halogens is 1. The van der Waals surface area contributed by atoms with Gasteiger partial charge in [-0.1, -0.05) is 0 Å². The summed E-state index contributed by atoms with van der Waals surface area (Å²) in [6.45, 7) is 0.626. The highest BCUT2D eigenvalue weighted by molar-refractivity contribution is 4.73. The monoisotopic (exact) mass is 118 g/mol. The summed E-state index contributed by atoms with van der Waals surface area (Å²) in [5.41, 5.74) is 5.47. The lowest BCUT2D eigenvalue weighted by atomic mass is 10.1. The van der Waals surface area contributed by atoms with Crippen molar-refractivity contribution in [2.45, 2.75) is 25.2 Å². The highest BCUT2D eigenvalue weighted by Gasteiger charge is 2.15. The molecular weight excluding hydrogens is 107 g/mol. The number of hydrogen-bond donors (Lipinski definition) is 2. The van der Waals surface area contributed by atoms with Crippen molar-refractivity contribution >= 4 is 0 Å². The lowest BCUT2D eigenvalue weighted by molar-refractivity contribution is 0.210. The first-order valence-electron chi connectivity index (χ1n) is 2.92. The van der Waals surface area contributed by atoms with Gasteiger partial charge >= 0.3 is 0 Å². The largest absolute Gasteiger partial charge is 0.327 e. The fourth-order valence-electron chi connectivity index (χ4n) is 0.844. The molecule has 1 saturated heterocycles. The molecule has 1 heterocycles. The third-order valence-electron chi connectivity index (χ3n) is 1.39. The van der Waals surface area contributed by atoms with Gasteiger partial charge in [-0.2, -0.15) is 0 Å². The van der Waals surface area contributed by atoms with Crippen LogP contribution in [0.4, 0.5) is 4.39 Å². The van der Waals surface area contributed by atoms with E-state index in [0.717, 1.165) is 6.42 Å². The van der Waals surface area contributed by atoms with Gasteiger partial charge in [0.1, 0.15) is 0 Å². The third-order valence-corrected chi connectivity index (χ3v) is 1.39. The summed E-state index contributed by atoms with van der Waals surface area (Å²) < 4.78 is 12.2. The maximum atomic E-state index is 12.2. The van der Waals surface area contributed by atoms with Crippen LogP contribution in [0.5, 0.6) is 0 Å². The Hall–Kier alpha value is -0.150. The van der Waals surface area contributed by atoms with Crippen LogP contribution in [0.25, 0.3) is 0 Å². The van der Waals surface area contributed by atoms with E-state index in [4.69, 9.17) is 5.73 Å². The minimum atomic E-state index is -0.810. The summed E-state index contributed by atoms with van der Waals surface area (Å²) in [5.74, 6) is 0. The SMILES string of the molecule is NC1CCC(F)NC1. The molecule has 0 radical (unpaired) electrons. The molecule has 0 bridgehead atoms. The van der Waals surface area contributed by atoms with Crippen LogP contribution in [0.3, 0.4) is 0 Å². The van der Waals surface area contributed by atoms with E-state index < -0.39 is 6.30 Å². The molecule has 0 aromatic heterocycles. The Morgan fingerprint density at radius 3 is 2.62 bits per heavy atom. The van der Waals surface area contributed by atoms with Crippen molar-refractivity contribution in [3.8, 4) is 0 Å². The number of alkyl halides is 1. The molecule has 0 aliphatic carbocycles. The Labute approximate surface area is 48.2 Å². The predicted octanol–water partition coefficient (Wildman–Crippen LogP) is -0.00730. The Kier molecular flexibility index (Phi) is 1.81. The molecule has 1 fully saturated rings. The zero-order valence-corrected chi connectivity index (χ0v) is 4.73. The van der Waals surface area contributed by atoms with Crippen LogP contribution in [0.15, 0.2) is 0 Å². The smallest absolute Gasteiger partial charge is 0.151 e. The first kappa shape index (κ1) is 5.98. The first-order chi connectivity index (χ1) is 3.79. The second kappa shape index (κ2) is 2.42. The van der Waals surface area contributed by atoms with Gasteiger partial charge in [-0.25, -0.2) is 4.39 Å². The molecule has 0 amide bonds. The summed E-state index contributed by atoms with van der Waals surface area (Å²) in [4.78, 5) is 0. The summed E-state index contributed by atoms with van der Waals surface area (Å²) in [7, 11) is 0. The van der Waals surface area contributed by atoms with E-state index in [0.29, 0.717) is 13.0 Å². The third kappa shape index (κ3) is 1.42. The fraction of sp³-hybridized carbons (Fsp3) is 1.00. The molecule has 3 heteroatoms. The quantitative estimate of drug-likeness (QED) is 0.439. The van der Waals surface area contributed by atoms with E-state index >= 15 is 0 Å². The highest BCUT2D eigenvalue weighted by Crippen LogP contribution is 2.05. The van der Waals surface area contributed by atoms with Gasteiger partial charge in [0.15, 0.2) is 6.30 Å². The zero-order chi connectivity index (χ0) is 5.98. The fourth-order valence-corrected chi connectivity index (χ4v) is 0.844. The number of rotatable bonds is 0. The molecule has 0 spiro atoms. The molecule has 2 nitrogen and oxygen atoms in total. The van der Waals surface area contributed by atoms with E-state index in [1.165, 1.54) is 0 Å². The molecule has 1 rings (SSSR count). The maximum absolute atomic E-state index is 12.2. The standard InChI is InChI=1S/C5H11FN2/c6-5-2-1-4(7)3-8-5/h4-5,8H,1-3,7H2. The zero-order valence-electron chi connectivity index (χ0n) is 4.73. The van der Waals surface area contributed by atoms with Crippen LogP contribution in [0, 0.1) is 0 Å². The first-order valence-corrected chi connectivity index (χ1v) is 2.92. The van der Waals surface area contributed by atoms with Crippen LogP contribution in [-0.4, -0.2) is 18.9 Å². The van der Waals surface area contributed by atoms with Crippen molar-refractivity contribution in [1.82, 2.24) is 5.32 Å². The number of piperidine rings is 1. The molecular formula is C5H11FN2. The topological polar surface area (TPSA) is 38.0 Å². The molecule has 0 aromatic rings. The Morgan fingerprint density at radius 1 is 1.50 bits per heavy atom. The van der Waals surface area contributed by atoms with Crippen molar-refractivity contribution in [3.05, 3.63) is 0 Å². The molecule has 0 saturated carbocycles. The maximum Gasteiger partial charge on any atom is 0.151 e. The van der Waals surface area contributed by atoms with Crippen molar-refractivity contribution in [2.75, 3.05) is 6.54 Å². The Morgan fingerprint density at radius 2 is 2.25 bits per heavy atom. The molecule has 1 aliphatic heterocycles. The van der Waals surface area contributed by atoms with Gasteiger partial charge in [-0.15, -0.1) is 0 Å². The van der Waals surface area contributed by atoms with E-state index in [1.54, 1.807) is 0 Å². The summed E-state index contributed by atoms with van der Waals surface area (Å²) >= 11 is 0. The average Bonchev–Trinajstić information content (AvgIpc) is 1.77. The molecule has 0 aromatic carbocycles. The number of nitrogens with one attached hydrogen (secondary N) is 1. The van der Waals surface area contributed by atoms with Gasteiger partial charge < -0.3 is 5.73 Å². The van der Waals surface area contributed by atoms with Gasteiger partial charge in [0.25, 0.3) is 0 Å². The number of hydrogen-bond acceptors (Lipinski definition) is 2. The molecule has 2 atom stereocenters. The summed E-state index contributed by atoms with van der Waals surface area (Å²) in [6.07, 6.45) is 0.574. The minimum absolute atomic E-state index is 0.169. The average molecular weight is 118 g/mol. The second-order valence-electron chi connectivity index (χ2n) is 2.21. The Bertz CT molecular complexity index is 58.8. The van der Waals surface area contributed by atoms with Gasteiger partial charge in [-0.05, 0) is 12.8 Å². The van der Waals surface area contributed by atoms with Gasteiger partial charge in [0, 0.05) is 12.6 Å². The molecule has 48 valence electrons. The highest BCUT2D eigenvalue weighted by atomic mass is 19.1. The van der Waals surface area contributed by atoms with Crippen LogP contribution in [0.1, 0.15) is 12.8 Å². The van der Waals surface area contributed by atoms with Gasteiger partial charge in [-0.3, -0.25) is 5.32 Å². The Balaban J connectivity index is 2.19. The van der Waals surface area contributed by atoms with Gasteiger partial charge in [0.05, 0.1) is 0 Å². The molecule has 1 aliphatic rings. The van der Waals surface area contributed by atoms with Crippen molar-refractivity contribution in [2.24, 2.45) is 5.73 Å². The van der Waals surface area contributed by atoms with Crippen LogP contribution < -0.4 is 11.1 Å². The normalized spacial score (nSPS) is 39.8. The number of nitrogens with two attached hydrogens (primary N) is 1. The van der Waals surface area contributed by atoms with Crippen LogP contribution in [-0.2, 0) is 0 Å². The second-order valence-corrected chi connectivity index (χ2v) is 2.21. The van der Waals surface area contributed by atoms with Crippen molar-refractivity contribution in [3.63, 3.8) is 0 Å². The summed E-state index contributed by atoms with van der Waals surface area (Å²) in [5, 5.41) is 2.64. The summed E-state index contributed by atoms with van der Waals surface area (Å²) in [6, 6.07) is 0.169.